The van der Waals surface area contributed by atoms with Crippen LogP contribution in [-0.4, -0.2) is 44.0 Å². The summed E-state index contributed by atoms with van der Waals surface area (Å²) in [6.45, 7) is 6.19. The molecule has 0 aromatic carbocycles. The van der Waals surface area contributed by atoms with Crippen molar-refractivity contribution in [3.8, 4) is 0 Å². The van der Waals surface area contributed by atoms with E-state index in [1.165, 1.54) is 16.2 Å². The molecule has 0 aliphatic heterocycles. The molecule has 1 heterocycles. The van der Waals surface area contributed by atoms with Crippen molar-refractivity contribution >= 4 is 16.5 Å². The van der Waals surface area contributed by atoms with Gasteiger partial charge in [0.1, 0.15) is 6.54 Å². The van der Waals surface area contributed by atoms with Crippen LogP contribution in [0, 0.1) is 6.92 Å². The number of nitrogens with one attached hydrogen (secondary N) is 1. The fourth-order valence-electron chi connectivity index (χ4n) is 1.74. The molecule has 0 spiro atoms. The number of aromatic nitrogens is 1. The molecule has 1 N–H and O–H groups in total. The van der Waals surface area contributed by atoms with Gasteiger partial charge in [-0.25, -0.2) is 4.98 Å². The number of halogens is 3. The predicted molar refractivity (Wildman–Crippen MR) is 79.0 cm³/mol. The summed E-state index contributed by atoms with van der Waals surface area (Å²) in [4.78, 5) is 6.53. The van der Waals surface area contributed by atoms with Crippen molar-refractivity contribution in [3.63, 3.8) is 0 Å². The highest BCUT2D eigenvalue weighted by molar-refractivity contribution is 7.15. The molecule has 0 amide bonds. The van der Waals surface area contributed by atoms with E-state index in [1.54, 1.807) is 21.0 Å². The summed E-state index contributed by atoms with van der Waals surface area (Å²) in [5.41, 5.74) is 0.771. The van der Waals surface area contributed by atoms with Gasteiger partial charge in [-0.15, -0.1) is 11.3 Å². The largest absolute Gasteiger partial charge is 0.406 e. The summed E-state index contributed by atoms with van der Waals surface area (Å²) in [5, 5.41) is 3.60. The molecule has 21 heavy (non-hydrogen) atoms. The molecular formula is C13H22F3N3OS. The summed E-state index contributed by atoms with van der Waals surface area (Å²) in [6, 6.07) is -0.258. The van der Waals surface area contributed by atoms with E-state index < -0.39 is 12.7 Å². The zero-order chi connectivity index (χ0) is 16.0. The van der Waals surface area contributed by atoms with Crippen LogP contribution in [0.25, 0.3) is 0 Å². The summed E-state index contributed by atoms with van der Waals surface area (Å²) in [5.74, 6) is 0. The third kappa shape index (κ3) is 6.19. The molecule has 0 aliphatic rings. The summed E-state index contributed by atoms with van der Waals surface area (Å²) >= 11 is 1.31. The first-order valence-corrected chi connectivity index (χ1v) is 7.55. The number of alkyl halides is 3. The maximum atomic E-state index is 12.7. The molecule has 0 saturated heterocycles. The van der Waals surface area contributed by atoms with E-state index >= 15 is 0 Å². The number of rotatable bonds is 8. The summed E-state index contributed by atoms with van der Waals surface area (Å²) in [7, 11) is 1.62. The van der Waals surface area contributed by atoms with Gasteiger partial charge in [0.05, 0.1) is 12.3 Å². The lowest BCUT2D eigenvalue weighted by molar-refractivity contribution is -0.120. The van der Waals surface area contributed by atoms with Gasteiger partial charge >= 0.3 is 6.18 Å². The Morgan fingerprint density at radius 2 is 2.05 bits per heavy atom. The van der Waals surface area contributed by atoms with E-state index in [2.05, 4.69) is 10.3 Å². The van der Waals surface area contributed by atoms with Crippen LogP contribution >= 0.6 is 11.3 Å². The number of anilines is 1. The molecule has 0 saturated carbocycles. The number of ether oxygens (including phenoxy) is 1. The Bertz CT molecular complexity index is 435. The Morgan fingerprint density at radius 1 is 1.38 bits per heavy atom. The monoisotopic (exact) mass is 325 g/mol. The lowest BCUT2D eigenvalue weighted by Crippen LogP contribution is -2.39. The van der Waals surface area contributed by atoms with Crippen LogP contribution in [0.15, 0.2) is 0 Å². The van der Waals surface area contributed by atoms with Gasteiger partial charge in [-0.3, -0.25) is 0 Å². The SMILES string of the molecule is COCCNCc1sc(N(CC(F)(F)F)C(C)C)nc1C. The van der Waals surface area contributed by atoms with Crippen molar-refractivity contribution < 1.29 is 17.9 Å². The molecule has 0 aliphatic carbocycles. The van der Waals surface area contributed by atoms with Crippen LogP contribution in [0.3, 0.4) is 0 Å². The minimum absolute atomic E-state index is 0.258. The molecule has 1 aromatic rings. The molecular weight excluding hydrogens is 303 g/mol. The third-order valence-electron chi connectivity index (χ3n) is 2.87. The Hall–Kier alpha value is -0.860. The average molecular weight is 325 g/mol. The van der Waals surface area contributed by atoms with Gasteiger partial charge in [0.2, 0.25) is 0 Å². The normalized spacial score (nSPS) is 12.2. The number of aryl methyl sites for hydroxylation is 1. The van der Waals surface area contributed by atoms with Crippen LogP contribution in [0.1, 0.15) is 24.4 Å². The van der Waals surface area contributed by atoms with E-state index in [9.17, 15) is 13.2 Å². The van der Waals surface area contributed by atoms with Crippen molar-refractivity contribution in [2.75, 3.05) is 31.7 Å². The molecule has 8 heteroatoms. The average Bonchev–Trinajstić information content (AvgIpc) is 2.72. The van der Waals surface area contributed by atoms with E-state index in [4.69, 9.17) is 4.74 Å². The lowest BCUT2D eigenvalue weighted by Gasteiger charge is -2.27. The Labute approximate surface area is 127 Å². The zero-order valence-corrected chi connectivity index (χ0v) is 13.6. The molecule has 1 rings (SSSR count). The van der Waals surface area contributed by atoms with Gasteiger partial charge in [-0.1, -0.05) is 0 Å². The van der Waals surface area contributed by atoms with Crippen molar-refractivity contribution in [2.24, 2.45) is 0 Å². The maximum Gasteiger partial charge on any atom is 0.406 e. The van der Waals surface area contributed by atoms with Gasteiger partial charge in [-0.2, -0.15) is 13.2 Å². The second kappa shape index (κ2) is 7.95. The van der Waals surface area contributed by atoms with E-state index in [1.807, 2.05) is 6.92 Å². The van der Waals surface area contributed by atoms with E-state index in [0.29, 0.717) is 24.8 Å². The summed E-state index contributed by atoms with van der Waals surface area (Å²) in [6.07, 6.45) is -4.24. The second-order valence-corrected chi connectivity index (χ2v) is 6.07. The van der Waals surface area contributed by atoms with E-state index in [0.717, 1.165) is 10.6 Å². The van der Waals surface area contributed by atoms with Crippen molar-refractivity contribution in [2.45, 2.75) is 39.5 Å². The van der Waals surface area contributed by atoms with Crippen molar-refractivity contribution in [1.82, 2.24) is 10.3 Å². The van der Waals surface area contributed by atoms with Crippen molar-refractivity contribution in [1.29, 1.82) is 0 Å². The molecule has 0 fully saturated rings. The third-order valence-corrected chi connectivity index (χ3v) is 4.06. The van der Waals surface area contributed by atoms with Gasteiger partial charge in [-0.05, 0) is 20.8 Å². The first-order valence-electron chi connectivity index (χ1n) is 6.74. The minimum Gasteiger partial charge on any atom is -0.383 e. The number of nitrogens with zero attached hydrogens (tertiary/aromatic N) is 2. The second-order valence-electron chi connectivity index (χ2n) is 5.01. The Morgan fingerprint density at radius 3 is 2.57 bits per heavy atom. The van der Waals surface area contributed by atoms with E-state index in [-0.39, 0.29) is 6.04 Å². The van der Waals surface area contributed by atoms with Crippen LogP contribution < -0.4 is 10.2 Å². The maximum absolute atomic E-state index is 12.7. The Kier molecular flexibility index (Phi) is 6.89. The molecule has 0 atom stereocenters. The fraction of sp³-hybridized carbons (Fsp3) is 0.769. The van der Waals surface area contributed by atoms with Gasteiger partial charge in [0, 0.05) is 31.1 Å². The van der Waals surface area contributed by atoms with Gasteiger partial charge in [0.15, 0.2) is 5.13 Å². The van der Waals surface area contributed by atoms with Crippen LogP contribution in [0.4, 0.5) is 18.3 Å². The van der Waals surface area contributed by atoms with Crippen LogP contribution in [0.5, 0.6) is 0 Å². The molecule has 122 valence electrons. The highest BCUT2D eigenvalue weighted by atomic mass is 32.1. The lowest BCUT2D eigenvalue weighted by atomic mass is 10.3. The number of thiazole rings is 1. The minimum atomic E-state index is -4.24. The molecule has 1 aromatic heterocycles. The smallest absolute Gasteiger partial charge is 0.383 e. The highest BCUT2D eigenvalue weighted by Gasteiger charge is 2.33. The highest BCUT2D eigenvalue weighted by Crippen LogP contribution is 2.30. The first kappa shape index (κ1) is 18.2. The van der Waals surface area contributed by atoms with Gasteiger partial charge < -0.3 is 15.0 Å². The fourth-order valence-corrected chi connectivity index (χ4v) is 2.90. The van der Waals surface area contributed by atoms with Gasteiger partial charge in [0.25, 0.3) is 0 Å². The summed E-state index contributed by atoms with van der Waals surface area (Å²) < 4.78 is 42.9. The van der Waals surface area contributed by atoms with Crippen LogP contribution in [0.2, 0.25) is 0 Å². The number of hydrogen-bond donors (Lipinski definition) is 1. The predicted octanol–water partition coefficient (Wildman–Crippen LogP) is 2.96. The molecule has 0 radical (unpaired) electrons. The zero-order valence-electron chi connectivity index (χ0n) is 12.8. The van der Waals surface area contributed by atoms with Crippen LogP contribution in [-0.2, 0) is 11.3 Å². The first-order chi connectivity index (χ1) is 9.74. The molecule has 0 bridgehead atoms. The molecule has 0 unspecified atom stereocenters. The molecule has 4 nitrogen and oxygen atoms in total. The van der Waals surface area contributed by atoms with Crippen molar-refractivity contribution in [3.05, 3.63) is 10.6 Å². The number of hydrogen-bond acceptors (Lipinski definition) is 5. The number of methoxy groups -OCH3 is 1. The Balaban J connectivity index is 2.77. The topological polar surface area (TPSA) is 37.4 Å². The standard InChI is InChI=1S/C13H22F3N3OS/c1-9(2)19(8-13(14,15)16)12-18-10(3)11(21-12)7-17-5-6-20-4/h9,17H,5-8H2,1-4H3. The quantitative estimate of drug-likeness (QED) is 0.746.